The molecule has 5 nitrogen and oxygen atoms in total. The van der Waals surface area contributed by atoms with Gasteiger partial charge in [-0.1, -0.05) is 0 Å². The van der Waals surface area contributed by atoms with Crippen molar-refractivity contribution < 1.29 is 9.53 Å². The fourth-order valence-corrected chi connectivity index (χ4v) is 2.28. The number of hydrogen-bond donors (Lipinski definition) is 1. The van der Waals surface area contributed by atoms with Crippen molar-refractivity contribution in [3.05, 3.63) is 24.0 Å². The van der Waals surface area contributed by atoms with E-state index in [4.69, 9.17) is 4.74 Å². The van der Waals surface area contributed by atoms with Gasteiger partial charge < -0.3 is 10.1 Å². The van der Waals surface area contributed by atoms with Gasteiger partial charge in [-0.25, -0.2) is 0 Å². The fraction of sp³-hybridized carbons (Fsp3) is 0.538. The third-order valence-electron chi connectivity index (χ3n) is 3.29. The summed E-state index contributed by atoms with van der Waals surface area (Å²) in [5.41, 5.74) is 1.77. The van der Waals surface area contributed by atoms with E-state index in [1.54, 1.807) is 19.5 Å². The first-order valence-electron chi connectivity index (χ1n) is 6.05. The van der Waals surface area contributed by atoms with Crippen molar-refractivity contribution in [3.63, 3.8) is 0 Å². The molecule has 0 radical (unpaired) electrons. The first kappa shape index (κ1) is 13.0. The molecule has 2 heterocycles. The van der Waals surface area contributed by atoms with Crippen molar-refractivity contribution in [2.24, 2.45) is 0 Å². The van der Waals surface area contributed by atoms with Crippen LogP contribution in [0.15, 0.2) is 18.5 Å². The lowest BCUT2D eigenvalue weighted by Gasteiger charge is -2.18. The number of hydrogen-bond acceptors (Lipinski definition) is 4. The van der Waals surface area contributed by atoms with E-state index in [-0.39, 0.29) is 18.1 Å². The molecule has 2 atom stereocenters. The predicted octanol–water partition coefficient (Wildman–Crippen LogP) is 1.05. The first-order chi connectivity index (χ1) is 8.60. The first-order valence-corrected chi connectivity index (χ1v) is 6.05. The molecule has 1 fully saturated rings. The maximum atomic E-state index is 12.2. The van der Waals surface area contributed by atoms with Crippen LogP contribution in [-0.4, -0.2) is 48.6 Å². The van der Waals surface area contributed by atoms with Gasteiger partial charge in [0.15, 0.2) is 0 Å². The summed E-state index contributed by atoms with van der Waals surface area (Å²) in [7, 11) is 3.63. The van der Waals surface area contributed by atoms with Crippen molar-refractivity contribution in [3.8, 4) is 0 Å². The summed E-state index contributed by atoms with van der Waals surface area (Å²) in [6.45, 7) is 2.74. The van der Waals surface area contributed by atoms with E-state index in [9.17, 15) is 4.79 Å². The van der Waals surface area contributed by atoms with Gasteiger partial charge in [-0.2, -0.15) is 0 Å². The van der Waals surface area contributed by atoms with E-state index in [0.29, 0.717) is 0 Å². The van der Waals surface area contributed by atoms with Crippen molar-refractivity contribution in [1.82, 2.24) is 9.88 Å². The van der Waals surface area contributed by atoms with Crippen LogP contribution >= 0.6 is 0 Å². The summed E-state index contributed by atoms with van der Waals surface area (Å²) in [6.07, 6.45) is 4.30. The summed E-state index contributed by atoms with van der Waals surface area (Å²) < 4.78 is 5.30. The number of nitrogens with one attached hydrogen (secondary N) is 1. The molecule has 0 spiro atoms. The maximum Gasteiger partial charge on any atom is 0.241 e. The van der Waals surface area contributed by atoms with Crippen LogP contribution in [0.5, 0.6) is 0 Å². The number of nitrogens with zero attached hydrogens (tertiary/aromatic N) is 2. The molecule has 1 saturated heterocycles. The van der Waals surface area contributed by atoms with Gasteiger partial charge in [-0.05, 0) is 32.0 Å². The Morgan fingerprint density at radius 1 is 1.56 bits per heavy atom. The van der Waals surface area contributed by atoms with Gasteiger partial charge in [0.1, 0.15) is 0 Å². The number of methoxy groups -OCH3 is 1. The Morgan fingerprint density at radius 3 is 2.94 bits per heavy atom. The topological polar surface area (TPSA) is 54.5 Å². The van der Waals surface area contributed by atoms with Crippen molar-refractivity contribution >= 4 is 11.6 Å². The molecule has 0 saturated carbocycles. The third kappa shape index (κ3) is 2.86. The molecule has 0 bridgehead atoms. The van der Waals surface area contributed by atoms with Crippen LogP contribution in [0, 0.1) is 6.92 Å². The van der Waals surface area contributed by atoms with E-state index in [1.165, 1.54) is 0 Å². The summed E-state index contributed by atoms with van der Waals surface area (Å²) in [5.74, 6) is 0.00412. The Balaban J connectivity index is 2.00. The van der Waals surface area contributed by atoms with Gasteiger partial charge >= 0.3 is 0 Å². The molecule has 5 heteroatoms. The lowest BCUT2D eigenvalue weighted by atomic mass is 10.2. The second kappa shape index (κ2) is 5.46. The fourth-order valence-electron chi connectivity index (χ4n) is 2.28. The zero-order valence-electron chi connectivity index (χ0n) is 11.0. The van der Waals surface area contributed by atoms with Gasteiger partial charge in [0.05, 0.1) is 24.0 Å². The largest absolute Gasteiger partial charge is 0.380 e. The zero-order valence-corrected chi connectivity index (χ0v) is 11.0. The lowest BCUT2D eigenvalue weighted by Crippen LogP contribution is -2.37. The summed E-state index contributed by atoms with van der Waals surface area (Å²) in [4.78, 5) is 18.2. The second-order valence-corrected chi connectivity index (χ2v) is 4.79. The number of anilines is 1. The summed E-state index contributed by atoms with van der Waals surface area (Å²) in [6, 6.07) is 1.78. The lowest BCUT2D eigenvalue weighted by molar-refractivity contribution is -0.120. The van der Waals surface area contributed by atoms with Crippen LogP contribution in [0.1, 0.15) is 12.0 Å². The molecule has 1 aromatic rings. The number of amides is 1. The number of ether oxygens (including phenoxy) is 1. The highest BCUT2D eigenvalue weighted by Gasteiger charge is 2.34. The SMILES string of the molecule is CO[C@H]1C[C@@H](C(=O)Nc2cncc(C)c2)N(C)C1. The van der Waals surface area contributed by atoms with E-state index < -0.39 is 0 Å². The minimum Gasteiger partial charge on any atom is -0.380 e. The average molecular weight is 249 g/mol. The molecule has 1 aliphatic heterocycles. The van der Waals surface area contributed by atoms with Crippen LogP contribution in [0.3, 0.4) is 0 Å². The molecular formula is C13H19N3O2. The molecule has 98 valence electrons. The third-order valence-corrected chi connectivity index (χ3v) is 3.29. The Labute approximate surface area is 107 Å². The standard InChI is InChI=1S/C13H19N3O2/c1-9-4-10(7-14-6-9)15-13(17)12-5-11(18-3)8-16(12)2/h4,6-7,11-12H,5,8H2,1-3H3,(H,15,17)/t11-,12-/m0/s1. The van der Waals surface area contributed by atoms with E-state index in [1.807, 2.05) is 24.9 Å². The second-order valence-electron chi connectivity index (χ2n) is 4.79. The van der Waals surface area contributed by atoms with Crippen molar-refractivity contribution in [1.29, 1.82) is 0 Å². The number of likely N-dealkylation sites (tertiary alicyclic amines) is 1. The molecule has 1 aromatic heterocycles. The number of aromatic nitrogens is 1. The van der Waals surface area contributed by atoms with Gasteiger partial charge in [-0.15, -0.1) is 0 Å². The Morgan fingerprint density at radius 2 is 2.33 bits per heavy atom. The maximum absolute atomic E-state index is 12.2. The highest BCUT2D eigenvalue weighted by Crippen LogP contribution is 2.19. The highest BCUT2D eigenvalue weighted by molar-refractivity contribution is 5.95. The molecule has 0 aromatic carbocycles. The molecule has 1 N–H and O–H groups in total. The molecule has 1 amide bonds. The Hall–Kier alpha value is -1.46. The molecule has 1 aliphatic rings. The van der Waals surface area contributed by atoms with E-state index in [0.717, 1.165) is 24.2 Å². The van der Waals surface area contributed by atoms with Crippen LogP contribution in [0.25, 0.3) is 0 Å². The molecule has 0 unspecified atom stereocenters. The van der Waals surface area contributed by atoms with Crippen LogP contribution in [0.2, 0.25) is 0 Å². The van der Waals surface area contributed by atoms with E-state index >= 15 is 0 Å². The monoisotopic (exact) mass is 249 g/mol. The van der Waals surface area contributed by atoms with Gasteiger partial charge in [0.25, 0.3) is 0 Å². The van der Waals surface area contributed by atoms with Gasteiger partial charge in [-0.3, -0.25) is 14.7 Å². The normalized spacial score (nSPS) is 24.2. The molecule has 18 heavy (non-hydrogen) atoms. The Kier molecular flexibility index (Phi) is 3.93. The van der Waals surface area contributed by atoms with Crippen LogP contribution < -0.4 is 5.32 Å². The van der Waals surface area contributed by atoms with Crippen LogP contribution in [0.4, 0.5) is 5.69 Å². The van der Waals surface area contributed by atoms with Crippen molar-refractivity contribution in [2.75, 3.05) is 26.0 Å². The quantitative estimate of drug-likeness (QED) is 0.870. The summed E-state index contributed by atoms with van der Waals surface area (Å²) in [5, 5.41) is 2.90. The minimum atomic E-state index is -0.129. The Bertz CT molecular complexity index is 436. The number of likely N-dealkylation sites (N-methyl/N-ethyl adjacent to an activating group) is 1. The highest BCUT2D eigenvalue weighted by atomic mass is 16.5. The van der Waals surface area contributed by atoms with Crippen molar-refractivity contribution in [2.45, 2.75) is 25.5 Å². The van der Waals surface area contributed by atoms with Gasteiger partial charge in [0.2, 0.25) is 5.91 Å². The number of rotatable bonds is 3. The average Bonchev–Trinajstić information content (AvgIpc) is 2.70. The number of carbonyl (C=O) groups is 1. The van der Waals surface area contributed by atoms with E-state index in [2.05, 4.69) is 10.3 Å². The molecule has 0 aliphatic carbocycles. The number of pyridine rings is 1. The number of aryl methyl sites for hydroxylation is 1. The molecular weight excluding hydrogens is 230 g/mol. The summed E-state index contributed by atoms with van der Waals surface area (Å²) >= 11 is 0. The predicted molar refractivity (Wildman–Crippen MR) is 69.4 cm³/mol. The van der Waals surface area contributed by atoms with Gasteiger partial charge in [0, 0.05) is 19.9 Å². The van der Waals surface area contributed by atoms with Crippen LogP contribution in [-0.2, 0) is 9.53 Å². The minimum absolute atomic E-state index is 0.00412. The smallest absolute Gasteiger partial charge is 0.241 e. The molecule has 2 rings (SSSR count). The zero-order chi connectivity index (χ0) is 13.1. The number of carbonyl (C=O) groups excluding carboxylic acids is 1.